The Bertz CT molecular complexity index is 798. The van der Waals surface area contributed by atoms with Crippen molar-refractivity contribution in [1.29, 1.82) is 0 Å². The number of fused-ring (bicyclic) bond motifs is 1. The van der Waals surface area contributed by atoms with Crippen LogP contribution < -0.4 is 9.64 Å². The highest BCUT2D eigenvalue weighted by Crippen LogP contribution is 2.39. The molecule has 1 atom stereocenters. The van der Waals surface area contributed by atoms with Crippen LogP contribution >= 0.6 is 0 Å². The highest BCUT2D eigenvalue weighted by Gasteiger charge is 2.36. The zero-order chi connectivity index (χ0) is 17.6. The van der Waals surface area contributed by atoms with E-state index in [0.29, 0.717) is 17.9 Å². The number of aromatic nitrogens is 2. The summed E-state index contributed by atoms with van der Waals surface area (Å²) in [5, 5.41) is 4.19. The lowest BCUT2D eigenvalue weighted by Gasteiger charge is -2.32. The van der Waals surface area contributed by atoms with Crippen LogP contribution in [0.4, 0.5) is 18.9 Å². The van der Waals surface area contributed by atoms with Gasteiger partial charge >= 0.3 is 6.18 Å². The third-order valence-corrected chi connectivity index (χ3v) is 4.09. The molecule has 0 saturated carbocycles. The summed E-state index contributed by atoms with van der Waals surface area (Å²) in [4.78, 5) is 14.2. The van der Waals surface area contributed by atoms with Crippen molar-refractivity contribution in [3.8, 4) is 5.75 Å². The van der Waals surface area contributed by atoms with Crippen molar-refractivity contribution in [3.63, 3.8) is 0 Å². The van der Waals surface area contributed by atoms with Crippen molar-refractivity contribution in [2.75, 3.05) is 18.6 Å². The molecule has 1 amide bonds. The van der Waals surface area contributed by atoms with Gasteiger partial charge in [-0.3, -0.25) is 9.48 Å². The van der Waals surface area contributed by atoms with Gasteiger partial charge in [-0.15, -0.1) is 0 Å². The Labute approximate surface area is 136 Å². The SMILES string of the molecule is COc1cc(N2CC(C)n3ncc(C)c3C2=O)ccc1C(F)(F)F. The van der Waals surface area contributed by atoms with Gasteiger partial charge in [0.05, 0.1) is 24.9 Å². The molecular formula is C16H16F3N3O2. The molecule has 5 nitrogen and oxygen atoms in total. The number of aryl methyl sites for hydroxylation is 1. The van der Waals surface area contributed by atoms with Gasteiger partial charge < -0.3 is 9.64 Å². The lowest BCUT2D eigenvalue weighted by Crippen LogP contribution is -2.43. The molecule has 0 saturated heterocycles. The van der Waals surface area contributed by atoms with Crippen molar-refractivity contribution >= 4 is 11.6 Å². The number of alkyl halides is 3. The highest BCUT2D eigenvalue weighted by molar-refractivity contribution is 6.06. The van der Waals surface area contributed by atoms with Crippen LogP contribution in [0.1, 0.15) is 34.6 Å². The van der Waals surface area contributed by atoms with E-state index < -0.39 is 11.7 Å². The van der Waals surface area contributed by atoms with Crippen LogP contribution in [-0.4, -0.2) is 29.3 Å². The van der Waals surface area contributed by atoms with Gasteiger partial charge in [-0.1, -0.05) is 0 Å². The van der Waals surface area contributed by atoms with Crippen LogP contribution in [0.3, 0.4) is 0 Å². The smallest absolute Gasteiger partial charge is 0.419 e. The number of nitrogens with zero attached hydrogens (tertiary/aromatic N) is 3. The molecule has 8 heteroatoms. The number of carbonyl (C=O) groups excluding carboxylic acids is 1. The molecule has 24 heavy (non-hydrogen) atoms. The van der Waals surface area contributed by atoms with E-state index in [-0.39, 0.29) is 17.7 Å². The molecular weight excluding hydrogens is 323 g/mol. The van der Waals surface area contributed by atoms with Crippen LogP contribution in [0.25, 0.3) is 0 Å². The Kier molecular flexibility index (Phi) is 3.77. The first-order valence-electron chi connectivity index (χ1n) is 7.35. The predicted octanol–water partition coefficient (Wildman–Crippen LogP) is 3.44. The molecule has 0 bridgehead atoms. The third-order valence-electron chi connectivity index (χ3n) is 4.09. The van der Waals surface area contributed by atoms with E-state index in [0.717, 1.165) is 11.6 Å². The summed E-state index contributed by atoms with van der Waals surface area (Å²) in [5.41, 5.74) is 0.680. The summed E-state index contributed by atoms with van der Waals surface area (Å²) < 4.78 is 45.5. The number of hydrogen-bond donors (Lipinski definition) is 0. The highest BCUT2D eigenvalue weighted by atomic mass is 19.4. The fraction of sp³-hybridized carbons (Fsp3) is 0.375. The summed E-state index contributed by atoms with van der Waals surface area (Å²) in [5.74, 6) is -0.596. The Hall–Kier alpha value is -2.51. The minimum Gasteiger partial charge on any atom is -0.496 e. The molecule has 0 fully saturated rings. The van der Waals surface area contributed by atoms with E-state index in [1.807, 2.05) is 6.92 Å². The molecule has 0 N–H and O–H groups in total. The monoisotopic (exact) mass is 339 g/mol. The largest absolute Gasteiger partial charge is 0.496 e. The number of anilines is 1. The second-order valence-corrected chi connectivity index (χ2v) is 5.77. The average Bonchev–Trinajstić information content (AvgIpc) is 2.92. The van der Waals surface area contributed by atoms with Crippen LogP contribution in [0, 0.1) is 6.92 Å². The van der Waals surface area contributed by atoms with E-state index in [1.54, 1.807) is 17.8 Å². The number of carbonyl (C=O) groups is 1. The molecule has 1 aromatic heterocycles. The molecule has 2 aromatic rings. The Morgan fingerprint density at radius 3 is 2.67 bits per heavy atom. The van der Waals surface area contributed by atoms with E-state index in [4.69, 9.17) is 4.74 Å². The van der Waals surface area contributed by atoms with Crippen LogP contribution in [-0.2, 0) is 6.18 Å². The Morgan fingerprint density at radius 1 is 1.33 bits per heavy atom. The van der Waals surface area contributed by atoms with Gasteiger partial charge in [-0.05, 0) is 26.0 Å². The predicted molar refractivity (Wildman–Crippen MR) is 81.3 cm³/mol. The number of benzene rings is 1. The standard InChI is InChI=1S/C16H16F3N3O2/c1-9-7-20-22-10(2)8-21(15(23)14(9)22)11-4-5-12(16(17,18)19)13(6-11)24-3/h4-7,10H,8H2,1-3H3. The van der Waals surface area contributed by atoms with Crippen LogP contribution in [0.2, 0.25) is 0 Å². The molecule has 128 valence electrons. The van der Waals surface area contributed by atoms with Crippen molar-refractivity contribution in [2.45, 2.75) is 26.1 Å². The normalized spacial score (nSPS) is 17.8. The van der Waals surface area contributed by atoms with Gasteiger partial charge in [0.15, 0.2) is 0 Å². The molecule has 0 spiro atoms. The van der Waals surface area contributed by atoms with E-state index in [9.17, 15) is 18.0 Å². The van der Waals surface area contributed by atoms with Gasteiger partial charge in [-0.25, -0.2) is 0 Å². The zero-order valence-electron chi connectivity index (χ0n) is 13.4. The second kappa shape index (κ2) is 5.54. The summed E-state index contributed by atoms with van der Waals surface area (Å²) >= 11 is 0. The van der Waals surface area contributed by atoms with E-state index in [1.165, 1.54) is 24.1 Å². The van der Waals surface area contributed by atoms with Gasteiger partial charge in [0.1, 0.15) is 11.4 Å². The van der Waals surface area contributed by atoms with Gasteiger partial charge in [0.2, 0.25) is 0 Å². The first-order chi connectivity index (χ1) is 11.2. The fourth-order valence-electron chi connectivity index (χ4n) is 2.91. The number of hydrogen-bond acceptors (Lipinski definition) is 3. The summed E-state index contributed by atoms with van der Waals surface area (Å²) in [6.07, 6.45) is -2.90. The van der Waals surface area contributed by atoms with Gasteiger partial charge in [-0.2, -0.15) is 18.3 Å². The molecule has 1 unspecified atom stereocenters. The number of halogens is 3. The average molecular weight is 339 g/mol. The van der Waals surface area contributed by atoms with Crippen molar-refractivity contribution < 1.29 is 22.7 Å². The van der Waals surface area contributed by atoms with Gasteiger partial charge in [0, 0.05) is 23.9 Å². The molecule has 2 heterocycles. The maximum Gasteiger partial charge on any atom is 0.419 e. The van der Waals surface area contributed by atoms with Gasteiger partial charge in [0.25, 0.3) is 5.91 Å². The first kappa shape index (κ1) is 16.4. The van der Waals surface area contributed by atoms with Crippen molar-refractivity contribution in [3.05, 3.63) is 41.2 Å². The van der Waals surface area contributed by atoms with Crippen molar-refractivity contribution in [1.82, 2.24) is 9.78 Å². The lowest BCUT2D eigenvalue weighted by molar-refractivity contribution is -0.138. The molecule has 1 aliphatic rings. The second-order valence-electron chi connectivity index (χ2n) is 5.77. The molecule has 1 aliphatic heterocycles. The number of amides is 1. The summed E-state index contributed by atoms with van der Waals surface area (Å²) in [6.45, 7) is 4.00. The summed E-state index contributed by atoms with van der Waals surface area (Å²) in [6, 6.07) is 3.39. The molecule has 3 rings (SSSR count). The maximum absolute atomic E-state index is 13.0. The first-order valence-corrected chi connectivity index (χ1v) is 7.35. The van der Waals surface area contributed by atoms with E-state index in [2.05, 4.69) is 5.10 Å². The number of methoxy groups -OCH3 is 1. The van der Waals surface area contributed by atoms with Crippen LogP contribution in [0.5, 0.6) is 5.75 Å². The quantitative estimate of drug-likeness (QED) is 0.842. The van der Waals surface area contributed by atoms with E-state index >= 15 is 0 Å². The molecule has 0 radical (unpaired) electrons. The fourth-order valence-corrected chi connectivity index (χ4v) is 2.91. The lowest BCUT2D eigenvalue weighted by atomic mass is 10.1. The maximum atomic E-state index is 13.0. The molecule has 1 aromatic carbocycles. The minimum atomic E-state index is -4.52. The van der Waals surface area contributed by atoms with Crippen LogP contribution in [0.15, 0.2) is 24.4 Å². The molecule has 0 aliphatic carbocycles. The Balaban J connectivity index is 2.04. The topological polar surface area (TPSA) is 47.4 Å². The number of ether oxygens (including phenoxy) is 1. The minimum absolute atomic E-state index is 0.0836. The zero-order valence-corrected chi connectivity index (χ0v) is 13.4. The summed E-state index contributed by atoms with van der Waals surface area (Å²) in [7, 11) is 1.17. The number of rotatable bonds is 2. The Morgan fingerprint density at radius 2 is 2.04 bits per heavy atom. The third kappa shape index (κ3) is 2.51. The van der Waals surface area contributed by atoms with Crippen molar-refractivity contribution in [2.24, 2.45) is 0 Å².